The Morgan fingerprint density at radius 1 is 1.19 bits per heavy atom. The zero-order valence-electron chi connectivity index (χ0n) is 13.1. The smallest absolute Gasteiger partial charge is 0.408 e. The number of ether oxygens (including phenoxy) is 1. The van der Waals surface area contributed by atoms with Gasteiger partial charge in [0.25, 0.3) is 0 Å². The monoisotopic (exact) mass is 295 g/mol. The van der Waals surface area contributed by atoms with Crippen LogP contribution in [0.1, 0.15) is 39.7 Å². The second-order valence-corrected chi connectivity index (χ2v) is 6.51. The lowest BCUT2D eigenvalue weighted by molar-refractivity contribution is 0.0407. The molecule has 1 aromatic carbocycles. The Hall–Kier alpha value is -1.75. The molecule has 0 radical (unpaired) electrons. The second-order valence-electron chi connectivity index (χ2n) is 6.51. The molecular weight excluding hydrogens is 270 g/mol. The van der Waals surface area contributed by atoms with Gasteiger partial charge in [-0.2, -0.15) is 0 Å². The number of aliphatic hydroxyl groups is 1. The number of alkyl carbamates (subject to hydrolysis) is 1. The molecule has 0 aliphatic rings. The van der Waals surface area contributed by atoms with E-state index in [4.69, 9.17) is 4.74 Å². The molecule has 118 valence electrons. The maximum absolute atomic E-state index is 11.8. The van der Waals surface area contributed by atoms with Crippen LogP contribution < -0.4 is 5.32 Å². The number of aromatic hydroxyl groups is 1. The maximum Gasteiger partial charge on any atom is 0.408 e. The van der Waals surface area contributed by atoms with Crippen LogP contribution in [-0.4, -0.2) is 34.1 Å². The number of carbonyl (C=O) groups is 1. The van der Waals surface area contributed by atoms with Crippen LogP contribution in [0.25, 0.3) is 0 Å². The summed E-state index contributed by atoms with van der Waals surface area (Å²) in [4.78, 5) is 11.8. The summed E-state index contributed by atoms with van der Waals surface area (Å²) in [6, 6.07) is 6.88. The molecule has 1 atom stereocenters. The van der Waals surface area contributed by atoms with E-state index < -0.39 is 17.2 Å². The first-order chi connectivity index (χ1) is 9.63. The summed E-state index contributed by atoms with van der Waals surface area (Å²) in [5, 5.41) is 21.5. The number of phenolic OH excluding ortho intramolecular Hbond substituents is 1. The molecule has 0 aliphatic heterocycles. The van der Waals surface area contributed by atoms with Crippen LogP contribution in [0.4, 0.5) is 4.79 Å². The van der Waals surface area contributed by atoms with Gasteiger partial charge < -0.3 is 20.3 Å². The van der Waals surface area contributed by atoms with E-state index in [1.807, 2.05) is 12.1 Å². The Labute approximate surface area is 125 Å². The van der Waals surface area contributed by atoms with Crippen LogP contribution in [-0.2, 0) is 11.2 Å². The molecule has 1 rings (SSSR count). The minimum Gasteiger partial charge on any atom is -0.508 e. The Morgan fingerprint density at radius 3 is 2.24 bits per heavy atom. The second kappa shape index (κ2) is 6.80. The van der Waals surface area contributed by atoms with Crippen molar-refractivity contribution in [1.82, 2.24) is 5.32 Å². The SMILES string of the molecule is CC(CO)(CCc1ccc(O)cc1)NC(=O)OC(C)(C)C. The van der Waals surface area contributed by atoms with E-state index >= 15 is 0 Å². The van der Waals surface area contributed by atoms with Crippen molar-refractivity contribution >= 4 is 6.09 Å². The Kier molecular flexibility index (Phi) is 5.61. The van der Waals surface area contributed by atoms with Crippen molar-refractivity contribution in [3.05, 3.63) is 29.8 Å². The Morgan fingerprint density at radius 2 is 1.76 bits per heavy atom. The number of amides is 1. The van der Waals surface area contributed by atoms with Gasteiger partial charge in [-0.05, 0) is 58.2 Å². The lowest BCUT2D eigenvalue weighted by atomic mass is 9.94. The molecule has 0 saturated carbocycles. The van der Waals surface area contributed by atoms with Crippen molar-refractivity contribution in [3.63, 3.8) is 0 Å². The summed E-state index contributed by atoms with van der Waals surface area (Å²) in [7, 11) is 0. The van der Waals surface area contributed by atoms with E-state index in [9.17, 15) is 15.0 Å². The van der Waals surface area contributed by atoms with Gasteiger partial charge in [-0.1, -0.05) is 12.1 Å². The third kappa shape index (κ3) is 6.49. The number of aliphatic hydroxyl groups excluding tert-OH is 1. The number of hydrogen-bond acceptors (Lipinski definition) is 4. The van der Waals surface area contributed by atoms with Crippen LogP contribution in [0.2, 0.25) is 0 Å². The molecule has 1 unspecified atom stereocenters. The van der Waals surface area contributed by atoms with Gasteiger partial charge in [0, 0.05) is 0 Å². The number of carbonyl (C=O) groups excluding carboxylic acids is 1. The molecule has 5 heteroatoms. The van der Waals surface area contributed by atoms with Gasteiger partial charge in [-0.25, -0.2) is 4.79 Å². The summed E-state index contributed by atoms with van der Waals surface area (Å²) < 4.78 is 5.21. The lowest BCUT2D eigenvalue weighted by Crippen LogP contribution is -2.50. The molecule has 3 N–H and O–H groups in total. The number of phenols is 1. The number of benzene rings is 1. The van der Waals surface area contributed by atoms with Crippen LogP contribution in [0.15, 0.2) is 24.3 Å². The van der Waals surface area contributed by atoms with Crippen molar-refractivity contribution < 1.29 is 19.7 Å². The van der Waals surface area contributed by atoms with Crippen molar-refractivity contribution in [2.24, 2.45) is 0 Å². The lowest BCUT2D eigenvalue weighted by Gasteiger charge is -2.30. The van der Waals surface area contributed by atoms with Gasteiger partial charge in [-0.3, -0.25) is 0 Å². The third-order valence-corrected chi connectivity index (χ3v) is 3.05. The number of nitrogens with one attached hydrogen (secondary N) is 1. The molecule has 5 nitrogen and oxygen atoms in total. The molecule has 0 aliphatic carbocycles. The summed E-state index contributed by atoms with van der Waals surface area (Å²) >= 11 is 0. The van der Waals surface area contributed by atoms with Crippen molar-refractivity contribution in [2.75, 3.05) is 6.61 Å². The average Bonchev–Trinajstić information content (AvgIpc) is 2.36. The first-order valence-electron chi connectivity index (χ1n) is 7.03. The number of aryl methyl sites for hydroxylation is 1. The normalized spacial score (nSPS) is 14.3. The largest absolute Gasteiger partial charge is 0.508 e. The minimum absolute atomic E-state index is 0.176. The van der Waals surface area contributed by atoms with E-state index in [-0.39, 0.29) is 12.4 Å². The maximum atomic E-state index is 11.8. The van der Waals surface area contributed by atoms with Crippen LogP contribution in [0.5, 0.6) is 5.75 Å². The molecule has 1 amide bonds. The van der Waals surface area contributed by atoms with Crippen LogP contribution in [0.3, 0.4) is 0 Å². The first-order valence-corrected chi connectivity index (χ1v) is 7.03. The molecule has 0 spiro atoms. The van der Waals surface area contributed by atoms with Gasteiger partial charge >= 0.3 is 6.09 Å². The highest BCUT2D eigenvalue weighted by Crippen LogP contribution is 2.17. The van der Waals surface area contributed by atoms with Crippen molar-refractivity contribution in [1.29, 1.82) is 0 Å². The van der Waals surface area contributed by atoms with Gasteiger partial charge in [-0.15, -0.1) is 0 Å². The number of hydrogen-bond donors (Lipinski definition) is 3. The third-order valence-electron chi connectivity index (χ3n) is 3.05. The molecule has 1 aromatic rings. The standard InChI is InChI=1S/C16H25NO4/c1-15(2,3)21-14(20)17-16(4,11-18)10-9-12-5-7-13(19)8-6-12/h5-8,18-19H,9-11H2,1-4H3,(H,17,20). The van der Waals surface area contributed by atoms with Crippen molar-refractivity contribution in [2.45, 2.75) is 51.7 Å². The highest BCUT2D eigenvalue weighted by molar-refractivity contribution is 5.68. The van der Waals surface area contributed by atoms with Gasteiger partial charge in [0.15, 0.2) is 0 Å². The number of rotatable bonds is 5. The predicted molar refractivity (Wildman–Crippen MR) is 81.3 cm³/mol. The minimum atomic E-state index is -0.750. The van der Waals surface area contributed by atoms with E-state index in [2.05, 4.69) is 5.32 Å². The average molecular weight is 295 g/mol. The first kappa shape index (κ1) is 17.3. The van der Waals surface area contributed by atoms with Gasteiger partial charge in [0.1, 0.15) is 11.4 Å². The highest BCUT2D eigenvalue weighted by Gasteiger charge is 2.28. The topological polar surface area (TPSA) is 78.8 Å². The molecule has 0 heterocycles. The molecule has 0 saturated heterocycles. The van der Waals surface area contributed by atoms with Crippen molar-refractivity contribution in [3.8, 4) is 5.75 Å². The van der Waals surface area contributed by atoms with Crippen LogP contribution >= 0.6 is 0 Å². The summed E-state index contributed by atoms with van der Waals surface area (Å²) in [5.74, 6) is 0.218. The zero-order chi connectivity index (χ0) is 16.1. The molecule has 21 heavy (non-hydrogen) atoms. The van der Waals surface area contributed by atoms with Crippen LogP contribution in [0, 0.1) is 0 Å². The predicted octanol–water partition coefficient (Wildman–Crippen LogP) is 2.60. The fourth-order valence-corrected chi connectivity index (χ4v) is 1.81. The fourth-order valence-electron chi connectivity index (χ4n) is 1.81. The van der Waals surface area contributed by atoms with E-state index in [0.29, 0.717) is 12.8 Å². The highest BCUT2D eigenvalue weighted by atomic mass is 16.6. The zero-order valence-corrected chi connectivity index (χ0v) is 13.1. The molecule has 0 bridgehead atoms. The Bertz CT molecular complexity index is 464. The van der Waals surface area contributed by atoms with Gasteiger partial charge in [0.05, 0.1) is 12.1 Å². The summed E-state index contributed by atoms with van der Waals surface area (Å²) in [5.41, 5.74) is -0.295. The molecule has 0 aromatic heterocycles. The van der Waals surface area contributed by atoms with E-state index in [1.54, 1.807) is 39.8 Å². The van der Waals surface area contributed by atoms with Gasteiger partial charge in [0.2, 0.25) is 0 Å². The summed E-state index contributed by atoms with van der Waals surface area (Å²) in [6.45, 7) is 6.97. The fraction of sp³-hybridized carbons (Fsp3) is 0.562. The Balaban J connectivity index is 2.59. The molecular formula is C16H25NO4. The van der Waals surface area contributed by atoms with E-state index in [0.717, 1.165) is 5.56 Å². The summed E-state index contributed by atoms with van der Waals surface area (Å²) in [6.07, 6.45) is 0.699. The quantitative estimate of drug-likeness (QED) is 0.780. The van der Waals surface area contributed by atoms with E-state index in [1.165, 1.54) is 0 Å². The molecule has 0 fully saturated rings.